The summed E-state index contributed by atoms with van der Waals surface area (Å²) in [7, 11) is 0. The fourth-order valence-electron chi connectivity index (χ4n) is 1.90. The van der Waals surface area contributed by atoms with E-state index in [0.29, 0.717) is 0 Å². The van der Waals surface area contributed by atoms with Crippen molar-refractivity contribution < 1.29 is 0 Å². The van der Waals surface area contributed by atoms with Gasteiger partial charge in [-0.3, -0.25) is 0 Å². The Labute approximate surface area is 106 Å². The molecule has 1 aromatic heterocycles. The van der Waals surface area contributed by atoms with Crippen molar-refractivity contribution in [2.45, 2.75) is 4.90 Å². The third kappa shape index (κ3) is 1.92. The zero-order chi connectivity index (χ0) is 11.7. The molecule has 0 spiro atoms. The van der Waals surface area contributed by atoms with E-state index >= 15 is 0 Å². The maximum Gasteiger partial charge on any atom is 0.0842 e. The number of pyridine rings is 1. The van der Waals surface area contributed by atoms with Crippen molar-refractivity contribution in [2.24, 2.45) is 0 Å². The van der Waals surface area contributed by atoms with Crippen LogP contribution in [0.5, 0.6) is 0 Å². The van der Waals surface area contributed by atoms with Gasteiger partial charge in [-0.05, 0) is 12.1 Å². The minimum atomic E-state index is 0.917. The molecule has 1 heterocycles. The van der Waals surface area contributed by atoms with E-state index in [1.807, 2.05) is 36.4 Å². The van der Waals surface area contributed by atoms with Gasteiger partial charge in [-0.2, -0.15) is 0 Å². The lowest BCUT2D eigenvalue weighted by atomic mass is 10.1. The molecule has 1 nitrogen and oxygen atoms in total. The van der Waals surface area contributed by atoms with E-state index in [-0.39, 0.29) is 0 Å². The number of aromatic nitrogens is 1. The maximum absolute atomic E-state index is 4.67. The molecule has 0 atom stereocenters. The summed E-state index contributed by atoms with van der Waals surface area (Å²) < 4.78 is 0. The fraction of sp³-hybridized carbons (Fsp3) is 0. The van der Waals surface area contributed by atoms with Gasteiger partial charge < -0.3 is 0 Å². The highest BCUT2D eigenvalue weighted by Crippen LogP contribution is 2.24. The summed E-state index contributed by atoms with van der Waals surface area (Å²) in [6, 6.07) is 20.3. The Morgan fingerprint density at radius 1 is 0.765 bits per heavy atom. The molecule has 0 N–H and O–H groups in total. The monoisotopic (exact) mass is 237 g/mol. The second-order valence-corrected chi connectivity index (χ2v) is 4.39. The van der Waals surface area contributed by atoms with E-state index in [0.717, 1.165) is 27.1 Å². The minimum absolute atomic E-state index is 0.917. The van der Waals surface area contributed by atoms with Crippen LogP contribution in [-0.2, 0) is 0 Å². The first kappa shape index (κ1) is 10.4. The summed E-state index contributed by atoms with van der Waals surface area (Å²) >= 11 is 4.45. The van der Waals surface area contributed by atoms with Crippen molar-refractivity contribution in [3.63, 3.8) is 0 Å². The summed E-state index contributed by atoms with van der Waals surface area (Å²) in [4.78, 5) is 5.59. The van der Waals surface area contributed by atoms with Crippen LogP contribution in [-0.4, -0.2) is 4.98 Å². The van der Waals surface area contributed by atoms with E-state index in [9.17, 15) is 0 Å². The molecule has 0 radical (unpaired) electrons. The van der Waals surface area contributed by atoms with Crippen LogP contribution < -0.4 is 0 Å². The molecule has 2 heteroatoms. The molecule has 0 aliphatic rings. The highest BCUT2D eigenvalue weighted by molar-refractivity contribution is 7.80. The Balaban J connectivity index is 2.23. The van der Waals surface area contributed by atoms with Crippen molar-refractivity contribution in [2.75, 3.05) is 0 Å². The van der Waals surface area contributed by atoms with Gasteiger partial charge in [0.15, 0.2) is 0 Å². The normalized spacial score (nSPS) is 10.6. The largest absolute Gasteiger partial charge is 0.247 e. The van der Waals surface area contributed by atoms with Crippen LogP contribution in [0.1, 0.15) is 0 Å². The Hall–Kier alpha value is -1.80. The average molecular weight is 237 g/mol. The molecule has 3 rings (SSSR count). The predicted molar refractivity (Wildman–Crippen MR) is 74.4 cm³/mol. The molecule has 0 saturated heterocycles. The van der Waals surface area contributed by atoms with Gasteiger partial charge in [0, 0.05) is 15.8 Å². The van der Waals surface area contributed by atoms with Crippen LogP contribution in [0.15, 0.2) is 65.6 Å². The number of rotatable bonds is 1. The fourth-order valence-corrected chi connectivity index (χ4v) is 2.17. The molecule has 2 aromatic carbocycles. The zero-order valence-electron chi connectivity index (χ0n) is 9.17. The van der Waals surface area contributed by atoms with Crippen molar-refractivity contribution >= 4 is 23.5 Å². The number of fused-ring (bicyclic) bond motifs is 1. The Bertz CT molecular complexity index is 662. The summed E-state index contributed by atoms with van der Waals surface area (Å²) in [5, 5.41) is 1.12. The Morgan fingerprint density at radius 2 is 1.59 bits per heavy atom. The highest BCUT2D eigenvalue weighted by Gasteiger charge is 2.02. The molecule has 3 aromatic rings. The lowest BCUT2D eigenvalue weighted by molar-refractivity contribution is 1.35. The third-order valence-corrected chi connectivity index (χ3v) is 3.13. The van der Waals surface area contributed by atoms with E-state index in [4.69, 9.17) is 0 Å². The first-order valence-corrected chi connectivity index (χ1v) is 5.93. The summed E-state index contributed by atoms with van der Waals surface area (Å²) in [5.74, 6) is 0. The molecule has 0 unspecified atom stereocenters. The van der Waals surface area contributed by atoms with Gasteiger partial charge in [0.25, 0.3) is 0 Å². The zero-order valence-corrected chi connectivity index (χ0v) is 10.1. The SMILES string of the molecule is Sc1cccc2ccc(-c3ccccc3)nc12. The number of benzene rings is 2. The number of hydrogen-bond donors (Lipinski definition) is 1. The first-order valence-electron chi connectivity index (χ1n) is 5.49. The lowest BCUT2D eigenvalue weighted by Gasteiger charge is -2.04. The number of thiol groups is 1. The summed E-state index contributed by atoms with van der Waals surface area (Å²) in [6.07, 6.45) is 0. The molecule has 0 fully saturated rings. The molecule has 0 saturated carbocycles. The van der Waals surface area contributed by atoms with Gasteiger partial charge in [-0.25, -0.2) is 4.98 Å². The van der Waals surface area contributed by atoms with E-state index in [1.54, 1.807) is 0 Å². The van der Waals surface area contributed by atoms with Crippen molar-refractivity contribution in [1.82, 2.24) is 4.98 Å². The molecule has 0 aliphatic carbocycles. The highest BCUT2D eigenvalue weighted by atomic mass is 32.1. The second kappa shape index (κ2) is 4.22. The number of para-hydroxylation sites is 1. The quantitative estimate of drug-likeness (QED) is 0.626. The topological polar surface area (TPSA) is 12.9 Å². The molecule has 17 heavy (non-hydrogen) atoms. The van der Waals surface area contributed by atoms with E-state index < -0.39 is 0 Å². The van der Waals surface area contributed by atoms with Gasteiger partial charge >= 0.3 is 0 Å². The van der Waals surface area contributed by atoms with Crippen molar-refractivity contribution in [3.8, 4) is 11.3 Å². The molecule has 82 valence electrons. The van der Waals surface area contributed by atoms with Gasteiger partial charge in [0.05, 0.1) is 11.2 Å². The van der Waals surface area contributed by atoms with E-state index in [1.165, 1.54) is 0 Å². The minimum Gasteiger partial charge on any atom is -0.247 e. The molecule has 0 amide bonds. The Kier molecular flexibility index (Phi) is 2.57. The molecular formula is C15H11NS. The van der Waals surface area contributed by atoms with Crippen LogP contribution in [0.2, 0.25) is 0 Å². The molecule has 0 aliphatic heterocycles. The van der Waals surface area contributed by atoms with Crippen molar-refractivity contribution in [3.05, 3.63) is 60.7 Å². The number of hydrogen-bond acceptors (Lipinski definition) is 2. The standard InChI is InChI=1S/C15H11NS/c17-14-8-4-7-12-9-10-13(16-15(12)14)11-5-2-1-3-6-11/h1-10,17H. The van der Waals surface area contributed by atoms with Crippen LogP contribution >= 0.6 is 12.6 Å². The van der Waals surface area contributed by atoms with Gasteiger partial charge in [0.1, 0.15) is 0 Å². The Morgan fingerprint density at radius 3 is 2.41 bits per heavy atom. The first-order chi connectivity index (χ1) is 8.34. The average Bonchev–Trinajstić information content (AvgIpc) is 2.40. The molecular weight excluding hydrogens is 226 g/mol. The third-order valence-electron chi connectivity index (χ3n) is 2.77. The van der Waals surface area contributed by atoms with Gasteiger partial charge in [-0.15, -0.1) is 12.6 Å². The van der Waals surface area contributed by atoms with Gasteiger partial charge in [-0.1, -0.05) is 48.5 Å². The second-order valence-electron chi connectivity index (χ2n) is 3.91. The van der Waals surface area contributed by atoms with Crippen LogP contribution in [0, 0.1) is 0 Å². The lowest BCUT2D eigenvalue weighted by Crippen LogP contribution is -1.85. The van der Waals surface area contributed by atoms with Crippen LogP contribution in [0.3, 0.4) is 0 Å². The number of nitrogens with zero attached hydrogens (tertiary/aromatic N) is 1. The smallest absolute Gasteiger partial charge is 0.0842 e. The maximum atomic E-state index is 4.67. The summed E-state index contributed by atoms with van der Waals surface area (Å²) in [5.41, 5.74) is 3.07. The predicted octanol–water partition coefficient (Wildman–Crippen LogP) is 4.19. The molecule has 0 bridgehead atoms. The summed E-state index contributed by atoms with van der Waals surface area (Å²) in [6.45, 7) is 0. The van der Waals surface area contributed by atoms with Crippen LogP contribution in [0.4, 0.5) is 0 Å². The van der Waals surface area contributed by atoms with E-state index in [2.05, 4.69) is 41.9 Å². The van der Waals surface area contributed by atoms with Crippen LogP contribution in [0.25, 0.3) is 22.2 Å². The van der Waals surface area contributed by atoms with Gasteiger partial charge in [0.2, 0.25) is 0 Å². The van der Waals surface area contributed by atoms with Crippen molar-refractivity contribution in [1.29, 1.82) is 0 Å².